The molecule has 5 heteroatoms. The molecule has 5 nitrogen and oxygen atoms in total. The van der Waals surface area contributed by atoms with Gasteiger partial charge in [-0.1, -0.05) is 0 Å². The fraction of sp³-hybridized carbons (Fsp3) is 0.455. The molecular weight excluding hydrogens is 208 g/mol. The van der Waals surface area contributed by atoms with Crippen LogP contribution in [0.15, 0.2) is 18.5 Å². The van der Waals surface area contributed by atoms with Gasteiger partial charge in [-0.15, -0.1) is 0 Å². The van der Waals surface area contributed by atoms with Crippen molar-refractivity contribution in [3.05, 3.63) is 24.0 Å². The highest BCUT2D eigenvalue weighted by molar-refractivity contribution is 5.66. The molecule has 1 amide bonds. The molecule has 1 aromatic rings. The normalized spacial score (nSPS) is 12.1. The standard InChI is InChI=1S/C11H16N2O3/c1-13-5-4-9(7-13)6-10(12-8-14)2-3-11(15)16/h4-5,7-8,10H,2-3,6H2,1H3,(H,12,14)(H,15,16). The van der Waals surface area contributed by atoms with E-state index in [2.05, 4.69) is 5.32 Å². The zero-order chi connectivity index (χ0) is 12.0. The van der Waals surface area contributed by atoms with Gasteiger partial charge in [0.15, 0.2) is 0 Å². The Morgan fingerprint density at radius 1 is 1.69 bits per heavy atom. The minimum Gasteiger partial charge on any atom is -0.481 e. The summed E-state index contributed by atoms with van der Waals surface area (Å²) < 4.78 is 1.92. The van der Waals surface area contributed by atoms with Crippen LogP contribution in [0.25, 0.3) is 0 Å². The van der Waals surface area contributed by atoms with E-state index in [1.165, 1.54) is 0 Å². The highest BCUT2D eigenvalue weighted by Gasteiger charge is 2.11. The monoisotopic (exact) mass is 224 g/mol. The van der Waals surface area contributed by atoms with Gasteiger partial charge < -0.3 is 15.0 Å². The van der Waals surface area contributed by atoms with E-state index in [9.17, 15) is 9.59 Å². The molecule has 0 aliphatic rings. The summed E-state index contributed by atoms with van der Waals surface area (Å²) in [6.45, 7) is 0. The summed E-state index contributed by atoms with van der Waals surface area (Å²) in [6, 6.07) is 1.84. The molecule has 2 N–H and O–H groups in total. The molecule has 88 valence electrons. The SMILES string of the molecule is Cn1ccc(CC(CCC(=O)O)NC=O)c1. The van der Waals surface area contributed by atoms with Gasteiger partial charge in [0.05, 0.1) is 0 Å². The number of nitrogens with one attached hydrogen (secondary N) is 1. The zero-order valence-electron chi connectivity index (χ0n) is 9.22. The molecule has 16 heavy (non-hydrogen) atoms. The number of hydrogen-bond acceptors (Lipinski definition) is 2. The Morgan fingerprint density at radius 3 is 2.94 bits per heavy atom. The lowest BCUT2D eigenvalue weighted by Crippen LogP contribution is -2.30. The maximum atomic E-state index is 10.4. The Morgan fingerprint density at radius 2 is 2.44 bits per heavy atom. The topological polar surface area (TPSA) is 71.3 Å². The molecule has 1 aromatic heterocycles. The molecule has 0 aliphatic heterocycles. The summed E-state index contributed by atoms with van der Waals surface area (Å²) in [5.41, 5.74) is 1.09. The predicted molar refractivity (Wildman–Crippen MR) is 59.0 cm³/mol. The number of carboxylic acids is 1. The Kier molecular flexibility index (Phi) is 4.57. The molecule has 1 rings (SSSR count). The van der Waals surface area contributed by atoms with Crippen LogP contribution in [-0.2, 0) is 23.1 Å². The highest BCUT2D eigenvalue weighted by Crippen LogP contribution is 2.07. The molecule has 0 fully saturated rings. The first-order chi connectivity index (χ1) is 7.61. The second-order valence-corrected chi connectivity index (χ2v) is 3.80. The van der Waals surface area contributed by atoms with Gasteiger partial charge in [-0.25, -0.2) is 0 Å². The first-order valence-electron chi connectivity index (χ1n) is 5.14. The fourth-order valence-corrected chi connectivity index (χ4v) is 1.60. The number of aromatic nitrogens is 1. The van der Waals surface area contributed by atoms with Crippen molar-refractivity contribution >= 4 is 12.4 Å². The molecule has 1 atom stereocenters. The predicted octanol–water partition coefficient (Wildman–Crippen LogP) is 0.547. The van der Waals surface area contributed by atoms with E-state index < -0.39 is 5.97 Å². The van der Waals surface area contributed by atoms with E-state index >= 15 is 0 Å². The second kappa shape index (κ2) is 5.95. The van der Waals surface area contributed by atoms with Crippen LogP contribution in [0.1, 0.15) is 18.4 Å². The molecule has 0 aliphatic carbocycles. The molecule has 1 heterocycles. The van der Waals surface area contributed by atoms with Crippen molar-refractivity contribution in [1.82, 2.24) is 9.88 Å². The van der Waals surface area contributed by atoms with Crippen LogP contribution in [0.3, 0.4) is 0 Å². The molecular formula is C11H16N2O3. The summed E-state index contributed by atoms with van der Waals surface area (Å²) in [7, 11) is 1.92. The van der Waals surface area contributed by atoms with Crippen LogP contribution in [0, 0.1) is 0 Å². The number of aliphatic carboxylic acids is 1. The van der Waals surface area contributed by atoms with Crippen LogP contribution in [-0.4, -0.2) is 28.1 Å². The number of aryl methyl sites for hydroxylation is 1. The number of carboxylic acid groups (broad SMARTS) is 1. The minimum atomic E-state index is -0.842. The van der Waals surface area contributed by atoms with Gasteiger partial charge in [0.25, 0.3) is 0 Å². The van der Waals surface area contributed by atoms with E-state index in [0.29, 0.717) is 19.3 Å². The van der Waals surface area contributed by atoms with Gasteiger partial charge in [-0.2, -0.15) is 0 Å². The van der Waals surface area contributed by atoms with Crippen molar-refractivity contribution in [1.29, 1.82) is 0 Å². The smallest absolute Gasteiger partial charge is 0.303 e. The van der Waals surface area contributed by atoms with Crippen LogP contribution in [0.2, 0.25) is 0 Å². The minimum absolute atomic E-state index is 0.0678. The summed E-state index contributed by atoms with van der Waals surface area (Å²) in [4.78, 5) is 20.8. The Balaban J connectivity index is 2.49. The van der Waals surface area contributed by atoms with Crippen molar-refractivity contribution in [3.63, 3.8) is 0 Å². The van der Waals surface area contributed by atoms with Crippen molar-refractivity contribution in [2.24, 2.45) is 7.05 Å². The van der Waals surface area contributed by atoms with Crippen LogP contribution in [0.4, 0.5) is 0 Å². The van der Waals surface area contributed by atoms with E-state index in [1.807, 2.05) is 30.1 Å². The molecule has 0 saturated carbocycles. The van der Waals surface area contributed by atoms with Crippen molar-refractivity contribution in [3.8, 4) is 0 Å². The average Bonchev–Trinajstić information content (AvgIpc) is 2.61. The quantitative estimate of drug-likeness (QED) is 0.664. The molecule has 0 saturated heterocycles. The Hall–Kier alpha value is -1.78. The number of carbonyl (C=O) groups excluding carboxylic acids is 1. The number of amides is 1. The maximum Gasteiger partial charge on any atom is 0.303 e. The lowest BCUT2D eigenvalue weighted by molar-refractivity contribution is -0.137. The van der Waals surface area contributed by atoms with Crippen molar-refractivity contribution in [2.45, 2.75) is 25.3 Å². The van der Waals surface area contributed by atoms with Gasteiger partial charge in [0.1, 0.15) is 0 Å². The van der Waals surface area contributed by atoms with Gasteiger partial charge in [-0.05, 0) is 24.5 Å². The maximum absolute atomic E-state index is 10.4. The average molecular weight is 224 g/mol. The summed E-state index contributed by atoms with van der Waals surface area (Å²) in [5, 5.41) is 11.2. The largest absolute Gasteiger partial charge is 0.481 e. The number of hydrogen-bond donors (Lipinski definition) is 2. The lowest BCUT2D eigenvalue weighted by Gasteiger charge is -2.13. The molecule has 0 spiro atoms. The Labute approximate surface area is 94.1 Å². The number of carbonyl (C=O) groups is 2. The van der Waals surface area contributed by atoms with Gasteiger partial charge in [-0.3, -0.25) is 9.59 Å². The molecule has 0 bridgehead atoms. The van der Waals surface area contributed by atoms with E-state index in [1.54, 1.807) is 0 Å². The van der Waals surface area contributed by atoms with Crippen molar-refractivity contribution in [2.75, 3.05) is 0 Å². The third kappa shape index (κ3) is 4.16. The third-order valence-corrected chi connectivity index (χ3v) is 2.39. The first kappa shape index (κ1) is 12.3. The first-order valence-corrected chi connectivity index (χ1v) is 5.14. The van der Waals surface area contributed by atoms with Gasteiger partial charge >= 0.3 is 5.97 Å². The Bertz CT molecular complexity index is 360. The number of nitrogens with zero attached hydrogens (tertiary/aromatic N) is 1. The summed E-state index contributed by atoms with van der Waals surface area (Å²) in [5.74, 6) is -0.842. The third-order valence-electron chi connectivity index (χ3n) is 2.39. The van der Waals surface area contributed by atoms with Crippen LogP contribution >= 0.6 is 0 Å². The van der Waals surface area contributed by atoms with Crippen LogP contribution < -0.4 is 5.32 Å². The molecule has 1 unspecified atom stereocenters. The van der Waals surface area contributed by atoms with Gasteiger partial charge in [0, 0.05) is 31.9 Å². The van der Waals surface area contributed by atoms with Crippen molar-refractivity contribution < 1.29 is 14.7 Å². The second-order valence-electron chi connectivity index (χ2n) is 3.80. The zero-order valence-corrected chi connectivity index (χ0v) is 9.22. The highest BCUT2D eigenvalue weighted by atomic mass is 16.4. The number of rotatable bonds is 7. The van der Waals surface area contributed by atoms with Gasteiger partial charge in [0.2, 0.25) is 6.41 Å². The fourth-order valence-electron chi connectivity index (χ4n) is 1.60. The molecule has 0 radical (unpaired) electrons. The van der Waals surface area contributed by atoms with Crippen LogP contribution in [0.5, 0.6) is 0 Å². The summed E-state index contributed by atoms with van der Waals surface area (Å²) in [6.07, 6.45) is 5.67. The lowest BCUT2D eigenvalue weighted by atomic mass is 10.0. The molecule has 0 aromatic carbocycles. The van der Waals surface area contributed by atoms with E-state index in [-0.39, 0.29) is 12.5 Å². The summed E-state index contributed by atoms with van der Waals surface area (Å²) >= 11 is 0. The van der Waals surface area contributed by atoms with E-state index in [4.69, 9.17) is 5.11 Å². The van der Waals surface area contributed by atoms with E-state index in [0.717, 1.165) is 5.56 Å².